The minimum absolute atomic E-state index is 0.00134. The Bertz CT molecular complexity index is 766. The molecule has 2 rings (SSSR count). The van der Waals surface area contributed by atoms with Crippen molar-refractivity contribution in [3.05, 3.63) is 46.7 Å². The van der Waals surface area contributed by atoms with Crippen LogP contribution in [0.15, 0.2) is 41.1 Å². The molecule has 1 heterocycles. The van der Waals surface area contributed by atoms with Crippen molar-refractivity contribution in [2.45, 2.75) is 12.5 Å². The molecule has 0 aliphatic heterocycles. The highest BCUT2D eigenvalue weighted by atomic mass is 32.1. The topological polar surface area (TPSA) is 96.9 Å². The number of hydrogen-bond donors (Lipinski definition) is 3. The van der Waals surface area contributed by atoms with E-state index in [2.05, 4.69) is 15.4 Å². The number of aliphatic hydroxyl groups excluding tert-OH is 1. The van der Waals surface area contributed by atoms with Crippen molar-refractivity contribution >= 4 is 28.8 Å². The molecule has 0 unspecified atom stereocenters. The van der Waals surface area contributed by atoms with Crippen LogP contribution in [0.25, 0.3) is 0 Å². The number of carbonyl (C=O) groups excluding carboxylic acids is 2. The van der Waals surface area contributed by atoms with E-state index in [0.717, 1.165) is 17.7 Å². The highest BCUT2D eigenvalue weighted by Crippen LogP contribution is 2.24. The molecule has 0 saturated carbocycles. The van der Waals surface area contributed by atoms with Gasteiger partial charge in [-0.1, -0.05) is 0 Å². The van der Waals surface area contributed by atoms with E-state index in [9.17, 15) is 22.8 Å². The molecule has 7 nitrogen and oxygen atoms in total. The molecule has 1 atom stereocenters. The quantitative estimate of drug-likeness (QED) is 0.573. The van der Waals surface area contributed by atoms with Crippen molar-refractivity contribution in [3.8, 4) is 5.75 Å². The van der Waals surface area contributed by atoms with Gasteiger partial charge >= 0.3 is 18.2 Å². The zero-order valence-electron chi connectivity index (χ0n) is 14.4. The summed E-state index contributed by atoms with van der Waals surface area (Å²) in [6, 6.07) is 6.16. The zero-order valence-corrected chi connectivity index (χ0v) is 15.2. The van der Waals surface area contributed by atoms with Crippen molar-refractivity contribution in [2.75, 3.05) is 25.1 Å². The lowest BCUT2D eigenvalue weighted by molar-refractivity contribution is -0.274. The van der Waals surface area contributed by atoms with E-state index in [1.807, 2.05) is 10.8 Å². The second kappa shape index (κ2) is 10.1. The molecule has 2 amide bonds. The van der Waals surface area contributed by atoms with Crippen LogP contribution in [0.2, 0.25) is 0 Å². The van der Waals surface area contributed by atoms with Crippen LogP contribution in [0.3, 0.4) is 0 Å². The number of amides is 2. The smallest absolute Gasteiger partial charge is 0.406 e. The second-order valence-electron chi connectivity index (χ2n) is 5.38. The van der Waals surface area contributed by atoms with Gasteiger partial charge in [-0.15, -0.1) is 13.2 Å². The first-order chi connectivity index (χ1) is 13.3. The fourth-order valence-electron chi connectivity index (χ4n) is 2.12. The normalized spacial score (nSPS) is 12.3. The molecule has 3 N–H and O–H groups in total. The molecule has 0 spiro atoms. The largest absolute Gasteiger partial charge is 0.573 e. The lowest BCUT2D eigenvalue weighted by Gasteiger charge is -2.17. The van der Waals surface area contributed by atoms with Gasteiger partial charge in [-0.2, -0.15) is 11.3 Å². The van der Waals surface area contributed by atoms with Crippen molar-refractivity contribution in [1.29, 1.82) is 0 Å². The number of halogens is 3. The molecule has 152 valence electrons. The minimum Gasteiger partial charge on any atom is -0.406 e. The maximum atomic E-state index is 12.1. The third-order valence-corrected chi connectivity index (χ3v) is 4.03. The third-order valence-electron chi connectivity index (χ3n) is 3.33. The van der Waals surface area contributed by atoms with Gasteiger partial charge in [0.1, 0.15) is 11.9 Å². The molecule has 0 fully saturated rings. The molecule has 0 aliphatic rings. The number of carbonyl (C=O) groups is 2. The Kier molecular flexibility index (Phi) is 7.79. The summed E-state index contributed by atoms with van der Waals surface area (Å²) in [5, 5.41) is 17.2. The van der Waals surface area contributed by atoms with E-state index >= 15 is 0 Å². The number of aliphatic hydroxyl groups is 1. The standard InChI is InChI=1S/C17H17F3N2O5S/c18-17(19,20)27-13-3-1-12(2-4-13)22-16(25)15(24)21-9-14(26-7-6-23)11-5-8-28-10-11/h1-5,8,10,14,23H,6-7,9H2,(H,21,24)(H,22,25)/t14-/m1/s1. The number of anilines is 1. The van der Waals surface area contributed by atoms with E-state index in [4.69, 9.17) is 9.84 Å². The van der Waals surface area contributed by atoms with Gasteiger partial charge in [0.15, 0.2) is 0 Å². The van der Waals surface area contributed by atoms with Crippen molar-refractivity contribution < 1.29 is 37.3 Å². The number of benzene rings is 1. The number of hydrogen-bond acceptors (Lipinski definition) is 6. The lowest BCUT2D eigenvalue weighted by atomic mass is 10.2. The number of ether oxygens (including phenoxy) is 2. The molecule has 0 aliphatic carbocycles. The zero-order chi connectivity index (χ0) is 20.6. The maximum Gasteiger partial charge on any atom is 0.573 e. The summed E-state index contributed by atoms with van der Waals surface area (Å²) in [5.74, 6) is -2.38. The van der Waals surface area contributed by atoms with Crippen LogP contribution in [0.5, 0.6) is 5.75 Å². The van der Waals surface area contributed by atoms with Crippen LogP contribution in [0, 0.1) is 0 Å². The van der Waals surface area contributed by atoms with Gasteiger partial charge in [-0.3, -0.25) is 9.59 Å². The van der Waals surface area contributed by atoms with Crippen molar-refractivity contribution in [1.82, 2.24) is 5.32 Å². The molecule has 1 aromatic heterocycles. The summed E-state index contributed by atoms with van der Waals surface area (Å²) >= 11 is 1.43. The molecule has 1 aromatic carbocycles. The average molecular weight is 418 g/mol. The van der Waals surface area contributed by atoms with Gasteiger partial charge < -0.3 is 25.2 Å². The Hall–Kier alpha value is -2.63. The van der Waals surface area contributed by atoms with E-state index in [1.165, 1.54) is 23.5 Å². The summed E-state index contributed by atoms with van der Waals surface area (Å²) < 4.78 is 45.5. The van der Waals surface area contributed by atoms with Crippen LogP contribution in [0.1, 0.15) is 11.7 Å². The molecular weight excluding hydrogens is 401 g/mol. The predicted octanol–water partition coefficient (Wildman–Crippen LogP) is 2.45. The van der Waals surface area contributed by atoms with Gasteiger partial charge in [0, 0.05) is 12.2 Å². The Balaban J connectivity index is 1.87. The summed E-state index contributed by atoms with van der Waals surface area (Å²) in [4.78, 5) is 23.9. The van der Waals surface area contributed by atoms with E-state index < -0.39 is 30.0 Å². The lowest BCUT2D eigenvalue weighted by Crippen LogP contribution is -2.38. The Labute approximate surface area is 162 Å². The second-order valence-corrected chi connectivity index (χ2v) is 6.16. The Morgan fingerprint density at radius 2 is 1.86 bits per heavy atom. The average Bonchev–Trinajstić information content (AvgIpc) is 3.16. The van der Waals surface area contributed by atoms with Crippen LogP contribution in [-0.2, 0) is 14.3 Å². The van der Waals surface area contributed by atoms with E-state index in [1.54, 1.807) is 6.07 Å². The summed E-state index contributed by atoms with van der Waals surface area (Å²) in [6.45, 7) is -0.126. The summed E-state index contributed by atoms with van der Waals surface area (Å²) in [7, 11) is 0. The molecule has 2 aromatic rings. The first-order valence-electron chi connectivity index (χ1n) is 7.98. The minimum atomic E-state index is -4.82. The SMILES string of the molecule is O=C(NC[C@@H](OCCO)c1ccsc1)C(=O)Nc1ccc(OC(F)(F)F)cc1. The Morgan fingerprint density at radius 1 is 1.14 bits per heavy atom. The van der Waals surface area contributed by atoms with Crippen molar-refractivity contribution in [3.63, 3.8) is 0 Å². The fourth-order valence-corrected chi connectivity index (χ4v) is 2.82. The highest BCUT2D eigenvalue weighted by Gasteiger charge is 2.31. The van der Waals surface area contributed by atoms with Crippen LogP contribution < -0.4 is 15.4 Å². The van der Waals surface area contributed by atoms with Gasteiger partial charge in [0.05, 0.1) is 13.2 Å². The molecule has 0 saturated heterocycles. The third kappa shape index (κ3) is 7.18. The number of rotatable bonds is 8. The first kappa shape index (κ1) is 21.7. The summed E-state index contributed by atoms with van der Waals surface area (Å²) in [5.41, 5.74) is 0.917. The van der Waals surface area contributed by atoms with Crippen LogP contribution in [-0.4, -0.2) is 43.0 Å². The first-order valence-corrected chi connectivity index (χ1v) is 8.92. The monoisotopic (exact) mass is 418 g/mol. The van der Waals surface area contributed by atoms with Gasteiger partial charge in [-0.05, 0) is 46.7 Å². The molecule has 0 bridgehead atoms. The van der Waals surface area contributed by atoms with Crippen molar-refractivity contribution in [2.24, 2.45) is 0 Å². The Morgan fingerprint density at radius 3 is 2.43 bits per heavy atom. The predicted molar refractivity (Wildman–Crippen MR) is 94.9 cm³/mol. The van der Waals surface area contributed by atoms with E-state index in [0.29, 0.717) is 0 Å². The molecule has 11 heteroatoms. The summed E-state index contributed by atoms with van der Waals surface area (Å²) in [6.07, 6.45) is -5.35. The molecule has 28 heavy (non-hydrogen) atoms. The number of thiophene rings is 1. The van der Waals surface area contributed by atoms with Crippen LogP contribution in [0.4, 0.5) is 18.9 Å². The van der Waals surface area contributed by atoms with Gasteiger partial charge in [-0.25, -0.2) is 0 Å². The van der Waals surface area contributed by atoms with Crippen LogP contribution >= 0.6 is 11.3 Å². The molecular formula is C17H17F3N2O5S. The van der Waals surface area contributed by atoms with Gasteiger partial charge in [0.2, 0.25) is 0 Å². The molecule has 0 radical (unpaired) electrons. The maximum absolute atomic E-state index is 12.1. The highest BCUT2D eigenvalue weighted by molar-refractivity contribution is 7.07. The number of alkyl halides is 3. The van der Waals surface area contributed by atoms with E-state index in [-0.39, 0.29) is 25.4 Å². The number of nitrogens with one attached hydrogen (secondary N) is 2. The fraction of sp³-hybridized carbons (Fsp3) is 0.294. The van der Waals surface area contributed by atoms with Gasteiger partial charge in [0.25, 0.3) is 0 Å².